The van der Waals surface area contributed by atoms with E-state index in [-0.39, 0.29) is 0 Å². The molecular formula is C11H17ClN4. The summed E-state index contributed by atoms with van der Waals surface area (Å²) in [4.78, 5) is 13.0. The summed E-state index contributed by atoms with van der Waals surface area (Å²) in [7, 11) is 2.16. The number of hydrogen-bond donors (Lipinski definition) is 0. The van der Waals surface area contributed by atoms with Crippen molar-refractivity contribution < 1.29 is 0 Å². The zero-order valence-electron chi connectivity index (χ0n) is 9.78. The lowest BCUT2D eigenvalue weighted by atomic mass is 10.3. The topological polar surface area (TPSA) is 32.3 Å². The quantitative estimate of drug-likeness (QED) is 0.698. The zero-order valence-corrected chi connectivity index (χ0v) is 10.5. The molecule has 1 aromatic rings. The van der Waals surface area contributed by atoms with E-state index in [9.17, 15) is 0 Å². The van der Waals surface area contributed by atoms with E-state index in [1.54, 1.807) is 6.20 Å². The van der Waals surface area contributed by atoms with Crippen LogP contribution in [0.5, 0.6) is 0 Å². The predicted octanol–water partition coefficient (Wildman–Crippen LogP) is 1.58. The van der Waals surface area contributed by atoms with Gasteiger partial charge in [-0.2, -0.15) is 0 Å². The van der Waals surface area contributed by atoms with Crippen molar-refractivity contribution in [2.45, 2.75) is 13.3 Å². The van der Waals surface area contributed by atoms with Crippen molar-refractivity contribution in [3.05, 3.63) is 17.0 Å². The summed E-state index contributed by atoms with van der Waals surface area (Å²) in [5, 5.41) is 0.332. The van der Waals surface area contributed by atoms with Crippen molar-refractivity contribution in [1.29, 1.82) is 0 Å². The van der Waals surface area contributed by atoms with Crippen LogP contribution >= 0.6 is 11.6 Å². The van der Waals surface area contributed by atoms with Crippen LogP contribution in [0.15, 0.2) is 6.20 Å². The predicted molar refractivity (Wildman–Crippen MR) is 66.1 cm³/mol. The molecule has 16 heavy (non-hydrogen) atoms. The average molecular weight is 241 g/mol. The third kappa shape index (κ3) is 2.62. The highest BCUT2D eigenvalue weighted by Gasteiger charge is 2.15. The number of aromatic nitrogens is 2. The maximum atomic E-state index is 5.85. The smallest absolute Gasteiger partial charge is 0.224 e. The van der Waals surface area contributed by atoms with Crippen molar-refractivity contribution in [3.63, 3.8) is 0 Å². The fourth-order valence-electron chi connectivity index (χ4n) is 1.99. The van der Waals surface area contributed by atoms with E-state index in [4.69, 9.17) is 11.6 Å². The summed E-state index contributed by atoms with van der Waals surface area (Å²) in [5.74, 6) is 0.982. The van der Waals surface area contributed by atoms with Crippen LogP contribution in [0.1, 0.15) is 12.0 Å². The van der Waals surface area contributed by atoms with Gasteiger partial charge in [-0.05, 0) is 38.5 Å². The Hall–Kier alpha value is -0.870. The average Bonchev–Trinajstić information content (AvgIpc) is 2.47. The molecule has 0 amide bonds. The van der Waals surface area contributed by atoms with Crippen LogP contribution in [-0.2, 0) is 0 Å². The first-order valence-electron chi connectivity index (χ1n) is 5.59. The second-order valence-corrected chi connectivity index (χ2v) is 4.63. The third-order valence-electron chi connectivity index (χ3n) is 2.93. The van der Waals surface area contributed by atoms with Gasteiger partial charge in [0.2, 0.25) is 5.28 Å². The number of likely N-dealkylation sites (N-methyl/N-ethyl adjacent to an activating group) is 1. The lowest BCUT2D eigenvalue weighted by Gasteiger charge is -2.23. The van der Waals surface area contributed by atoms with Crippen LogP contribution < -0.4 is 4.90 Å². The minimum atomic E-state index is 0.332. The molecule has 88 valence electrons. The molecule has 0 unspecified atom stereocenters. The van der Waals surface area contributed by atoms with Crippen LogP contribution in [0.3, 0.4) is 0 Å². The molecule has 1 aliphatic rings. The molecule has 2 rings (SSSR count). The van der Waals surface area contributed by atoms with Gasteiger partial charge < -0.3 is 9.80 Å². The van der Waals surface area contributed by atoms with E-state index in [0.717, 1.165) is 44.0 Å². The molecule has 0 radical (unpaired) electrons. The molecule has 0 N–H and O–H groups in total. The van der Waals surface area contributed by atoms with Crippen LogP contribution in [0.25, 0.3) is 0 Å². The Bertz CT molecular complexity index is 369. The van der Waals surface area contributed by atoms with Crippen molar-refractivity contribution in [1.82, 2.24) is 14.9 Å². The highest BCUT2D eigenvalue weighted by molar-refractivity contribution is 6.28. The monoisotopic (exact) mass is 240 g/mol. The first kappa shape index (κ1) is 11.6. The van der Waals surface area contributed by atoms with Crippen molar-refractivity contribution >= 4 is 17.4 Å². The van der Waals surface area contributed by atoms with Crippen LogP contribution in [-0.4, -0.2) is 48.1 Å². The standard InChI is InChI=1S/C11H17ClN4/c1-9-8-13-11(12)14-10(9)16-5-3-4-15(2)6-7-16/h8H,3-7H2,1-2H3. The van der Waals surface area contributed by atoms with Gasteiger partial charge >= 0.3 is 0 Å². The summed E-state index contributed by atoms with van der Waals surface area (Å²) < 4.78 is 0. The highest BCUT2D eigenvalue weighted by Crippen LogP contribution is 2.19. The number of halogens is 1. The molecule has 0 saturated carbocycles. The summed E-state index contributed by atoms with van der Waals surface area (Å²) in [5.41, 5.74) is 1.09. The first-order chi connectivity index (χ1) is 7.66. The lowest BCUT2D eigenvalue weighted by Crippen LogP contribution is -2.30. The van der Waals surface area contributed by atoms with E-state index in [0.29, 0.717) is 5.28 Å². The van der Waals surface area contributed by atoms with Crippen molar-refractivity contribution in [2.75, 3.05) is 38.1 Å². The molecule has 0 bridgehead atoms. The second-order valence-electron chi connectivity index (χ2n) is 4.29. The van der Waals surface area contributed by atoms with Gasteiger partial charge in [-0.25, -0.2) is 9.97 Å². The van der Waals surface area contributed by atoms with E-state index >= 15 is 0 Å². The fraction of sp³-hybridized carbons (Fsp3) is 0.636. The molecule has 5 heteroatoms. The van der Waals surface area contributed by atoms with E-state index in [2.05, 4.69) is 26.8 Å². The van der Waals surface area contributed by atoms with E-state index in [1.165, 1.54) is 0 Å². The van der Waals surface area contributed by atoms with Gasteiger partial charge in [0, 0.05) is 31.4 Å². The Morgan fingerprint density at radius 1 is 1.25 bits per heavy atom. The first-order valence-corrected chi connectivity index (χ1v) is 5.97. The molecule has 1 aromatic heterocycles. The molecule has 0 atom stereocenters. The minimum absolute atomic E-state index is 0.332. The normalized spacial score (nSPS) is 18.6. The molecule has 0 aromatic carbocycles. The zero-order chi connectivity index (χ0) is 11.5. The molecule has 1 aliphatic heterocycles. The Kier molecular flexibility index (Phi) is 3.61. The molecule has 2 heterocycles. The van der Waals surface area contributed by atoms with Gasteiger partial charge in [0.25, 0.3) is 0 Å². The molecule has 4 nitrogen and oxygen atoms in total. The molecule has 0 spiro atoms. The Morgan fingerprint density at radius 3 is 2.88 bits per heavy atom. The Balaban J connectivity index is 2.19. The Morgan fingerprint density at radius 2 is 2.06 bits per heavy atom. The maximum Gasteiger partial charge on any atom is 0.224 e. The van der Waals surface area contributed by atoms with Crippen LogP contribution in [0.2, 0.25) is 5.28 Å². The van der Waals surface area contributed by atoms with Gasteiger partial charge in [0.15, 0.2) is 0 Å². The summed E-state index contributed by atoms with van der Waals surface area (Å²) in [6.07, 6.45) is 2.96. The third-order valence-corrected chi connectivity index (χ3v) is 3.12. The number of aryl methyl sites for hydroxylation is 1. The van der Waals surface area contributed by atoms with Gasteiger partial charge in [-0.15, -0.1) is 0 Å². The SMILES string of the molecule is Cc1cnc(Cl)nc1N1CCCN(C)CC1. The van der Waals surface area contributed by atoms with Gasteiger partial charge in [0.1, 0.15) is 5.82 Å². The van der Waals surface area contributed by atoms with Crippen LogP contribution in [0, 0.1) is 6.92 Å². The number of rotatable bonds is 1. The van der Waals surface area contributed by atoms with Gasteiger partial charge in [0.05, 0.1) is 0 Å². The van der Waals surface area contributed by atoms with Crippen molar-refractivity contribution in [3.8, 4) is 0 Å². The number of anilines is 1. The minimum Gasteiger partial charge on any atom is -0.355 e. The molecule has 1 fully saturated rings. The molecular weight excluding hydrogens is 224 g/mol. The maximum absolute atomic E-state index is 5.85. The fourth-order valence-corrected chi connectivity index (χ4v) is 2.12. The second kappa shape index (κ2) is 4.97. The van der Waals surface area contributed by atoms with Gasteiger partial charge in [-0.1, -0.05) is 0 Å². The number of nitrogens with zero attached hydrogens (tertiary/aromatic N) is 4. The number of hydrogen-bond acceptors (Lipinski definition) is 4. The molecule has 0 aliphatic carbocycles. The summed E-state index contributed by atoms with van der Waals surface area (Å²) >= 11 is 5.85. The highest BCUT2D eigenvalue weighted by atomic mass is 35.5. The summed E-state index contributed by atoms with van der Waals surface area (Å²) in [6, 6.07) is 0. The van der Waals surface area contributed by atoms with Gasteiger partial charge in [-0.3, -0.25) is 0 Å². The summed E-state index contributed by atoms with van der Waals surface area (Å²) in [6.45, 7) is 6.29. The van der Waals surface area contributed by atoms with E-state index < -0.39 is 0 Å². The van der Waals surface area contributed by atoms with E-state index in [1.807, 2.05) is 6.92 Å². The van der Waals surface area contributed by atoms with Crippen molar-refractivity contribution in [2.24, 2.45) is 0 Å². The Labute approximate surface area is 101 Å². The lowest BCUT2D eigenvalue weighted by molar-refractivity contribution is 0.360. The molecule has 1 saturated heterocycles. The largest absolute Gasteiger partial charge is 0.355 e. The van der Waals surface area contributed by atoms with Crippen LogP contribution in [0.4, 0.5) is 5.82 Å².